The van der Waals surface area contributed by atoms with Crippen molar-refractivity contribution in [3.05, 3.63) is 65.3 Å². The highest BCUT2D eigenvalue weighted by Crippen LogP contribution is 2.38. The molecule has 0 amide bonds. The fourth-order valence-corrected chi connectivity index (χ4v) is 5.95. The predicted octanol–water partition coefficient (Wildman–Crippen LogP) is 5.41. The van der Waals surface area contributed by atoms with Crippen molar-refractivity contribution in [3.8, 4) is 11.1 Å². The van der Waals surface area contributed by atoms with Crippen molar-refractivity contribution in [3.63, 3.8) is 0 Å². The fourth-order valence-electron chi connectivity index (χ4n) is 3.67. The maximum absolute atomic E-state index is 13.2. The predicted molar refractivity (Wildman–Crippen MR) is 122 cm³/mol. The summed E-state index contributed by atoms with van der Waals surface area (Å²) in [5.41, 5.74) is 2.63. The van der Waals surface area contributed by atoms with E-state index in [0.29, 0.717) is 5.56 Å². The van der Waals surface area contributed by atoms with Gasteiger partial charge in [-0.15, -0.1) is 11.3 Å². The topological polar surface area (TPSA) is 85.4 Å². The Balaban J connectivity index is 1.69. The second-order valence-corrected chi connectivity index (χ2v) is 10.2. The van der Waals surface area contributed by atoms with Crippen molar-refractivity contribution < 1.29 is 17.9 Å². The second kappa shape index (κ2) is 9.20. The Morgan fingerprint density at radius 1 is 1.06 bits per heavy atom. The molecule has 0 spiro atoms. The summed E-state index contributed by atoms with van der Waals surface area (Å²) in [6.07, 6.45) is 8.04. The SMILES string of the molecule is Cc1ccc(S(=O)(=O)Nc2scc(-c3ccncc3)c2C(=O)OC2CCCCC2)cc1. The number of esters is 1. The summed E-state index contributed by atoms with van der Waals surface area (Å²) in [5, 5.41) is 2.04. The first-order chi connectivity index (χ1) is 14.9. The number of thiophene rings is 1. The Hall–Kier alpha value is -2.71. The second-order valence-electron chi connectivity index (χ2n) is 7.67. The van der Waals surface area contributed by atoms with Gasteiger partial charge >= 0.3 is 5.97 Å². The van der Waals surface area contributed by atoms with Gasteiger partial charge in [-0.25, -0.2) is 13.2 Å². The molecule has 1 N–H and O–H groups in total. The van der Waals surface area contributed by atoms with Crippen LogP contribution in [0.4, 0.5) is 5.00 Å². The van der Waals surface area contributed by atoms with Crippen LogP contribution in [-0.4, -0.2) is 25.5 Å². The molecular formula is C23H24N2O4S2. The molecule has 1 saturated carbocycles. The summed E-state index contributed by atoms with van der Waals surface area (Å²) < 4.78 is 34.3. The lowest BCUT2D eigenvalue weighted by atomic mass is 9.97. The molecule has 0 aliphatic heterocycles. The zero-order valence-electron chi connectivity index (χ0n) is 17.2. The number of ether oxygens (including phenoxy) is 1. The van der Waals surface area contributed by atoms with E-state index in [1.807, 2.05) is 6.92 Å². The fraction of sp³-hybridized carbons (Fsp3) is 0.304. The molecule has 162 valence electrons. The van der Waals surface area contributed by atoms with E-state index in [1.165, 1.54) is 11.3 Å². The number of anilines is 1. The van der Waals surface area contributed by atoms with E-state index in [-0.39, 0.29) is 21.6 Å². The average molecular weight is 457 g/mol. The number of aromatic nitrogens is 1. The van der Waals surface area contributed by atoms with Crippen molar-refractivity contribution >= 4 is 32.3 Å². The minimum Gasteiger partial charge on any atom is -0.459 e. The van der Waals surface area contributed by atoms with Gasteiger partial charge in [0.2, 0.25) is 0 Å². The summed E-state index contributed by atoms with van der Waals surface area (Å²) in [5.74, 6) is -0.499. The summed E-state index contributed by atoms with van der Waals surface area (Å²) >= 11 is 1.17. The number of nitrogens with one attached hydrogen (secondary N) is 1. The zero-order valence-corrected chi connectivity index (χ0v) is 18.8. The van der Waals surface area contributed by atoms with Gasteiger partial charge in [0.1, 0.15) is 16.7 Å². The Labute approximate surface area is 186 Å². The van der Waals surface area contributed by atoms with Gasteiger partial charge < -0.3 is 4.74 Å². The first kappa shape index (κ1) is 21.5. The number of carbonyl (C=O) groups is 1. The number of sulfonamides is 1. The van der Waals surface area contributed by atoms with E-state index >= 15 is 0 Å². The molecule has 1 aromatic carbocycles. The van der Waals surface area contributed by atoms with Crippen LogP contribution in [0.2, 0.25) is 0 Å². The van der Waals surface area contributed by atoms with Gasteiger partial charge in [0.25, 0.3) is 10.0 Å². The van der Waals surface area contributed by atoms with Crippen LogP contribution in [0.1, 0.15) is 48.0 Å². The lowest BCUT2D eigenvalue weighted by Crippen LogP contribution is -2.22. The molecule has 1 aliphatic carbocycles. The van der Waals surface area contributed by atoms with Gasteiger partial charge in [-0.05, 0) is 62.4 Å². The maximum atomic E-state index is 13.2. The monoisotopic (exact) mass is 456 g/mol. The molecular weight excluding hydrogens is 432 g/mol. The number of aryl methyl sites for hydroxylation is 1. The Morgan fingerprint density at radius 2 is 1.74 bits per heavy atom. The van der Waals surface area contributed by atoms with Crippen LogP contribution in [0.15, 0.2) is 59.1 Å². The molecule has 1 fully saturated rings. The highest BCUT2D eigenvalue weighted by atomic mass is 32.2. The average Bonchev–Trinajstić information content (AvgIpc) is 3.18. The first-order valence-electron chi connectivity index (χ1n) is 10.3. The number of pyridine rings is 1. The quantitative estimate of drug-likeness (QED) is 0.501. The van der Waals surface area contributed by atoms with Crippen LogP contribution in [0.25, 0.3) is 11.1 Å². The molecule has 8 heteroatoms. The lowest BCUT2D eigenvalue weighted by molar-refractivity contribution is 0.0214. The standard InChI is InChI=1S/C23H24N2O4S2/c1-16-7-9-19(10-8-16)31(27,28)25-22-21(23(26)29-18-5-3-2-4-6-18)20(15-30-22)17-11-13-24-14-12-17/h7-15,18,25H,2-6H2,1H3. The molecule has 2 aromatic heterocycles. The molecule has 0 atom stereocenters. The minimum atomic E-state index is -3.85. The van der Waals surface area contributed by atoms with Crippen LogP contribution in [0.3, 0.4) is 0 Å². The van der Waals surface area contributed by atoms with E-state index in [9.17, 15) is 13.2 Å². The smallest absolute Gasteiger partial charge is 0.342 e. The van der Waals surface area contributed by atoms with Gasteiger partial charge in [-0.1, -0.05) is 24.1 Å². The van der Waals surface area contributed by atoms with Crippen LogP contribution >= 0.6 is 11.3 Å². The number of hydrogen-bond donors (Lipinski definition) is 1. The van der Waals surface area contributed by atoms with Crippen LogP contribution in [-0.2, 0) is 14.8 Å². The van der Waals surface area contributed by atoms with Gasteiger partial charge in [0.15, 0.2) is 0 Å². The number of hydrogen-bond acceptors (Lipinski definition) is 6. The molecule has 3 aromatic rings. The third-order valence-corrected chi connectivity index (χ3v) is 7.76. The molecule has 1 aliphatic rings. The van der Waals surface area contributed by atoms with Crippen LogP contribution < -0.4 is 4.72 Å². The van der Waals surface area contributed by atoms with Gasteiger partial charge in [0.05, 0.1) is 4.90 Å². The third-order valence-electron chi connectivity index (χ3n) is 5.37. The van der Waals surface area contributed by atoms with Crippen molar-refractivity contribution in [2.45, 2.75) is 50.0 Å². The van der Waals surface area contributed by atoms with Gasteiger partial charge in [-0.2, -0.15) is 0 Å². The van der Waals surface area contributed by atoms with Crippen molar-refractivity contribution in [2.24, 2.45) is 0 Å². The molecule has 0 unspecified atom stereocenters. The van der Waals surface area contributed by atoms with E-state index in [2.05, 4.69) is 9.71 Å². The summed E-state index contributed by atoms with van der Waals surface area (Å²) in [6, 6.07) is 10.2. The number of benzene rings is 1. The Bertz CT molecular complexity index is 1150. The van der Waals surface area contributed by atoms with E-state index < -0.39 is 16.0 Å². The Kier molecular flexibility index (Phi) is 6.38. The van der Waals surface area contributed by atoms with E-state index in [1.54, 1.807) is 54.2 Å². The molecule has 6 nitrogen and oxygen atoms in total. The summed E-state index contributed by atoms with van der Waals surface area (Å²) in [4.78, 5) is 17.4. The molecule has 0 saturated heterocycles. The van der Waals surface area contributed by atoms with Gasteiger partial charge in [0, 0.05) is 23.3 Å². The molecule has 0 radical (unpaired) electrons. The first-order valence-corrected chi connectivity index (χ1v) is 12.6. The van der Waals surface area contributed by atoms with Crippen molar-refractivity contribution in [2.75, 3.05) is 4.72 Å². The molecule has 0 bridgehead atoms. The maximum Gasteiger partial charge on any atom is 0.342 e. The molecule has 2 heterocycles. The van der Waals surface area contributed by atoms with Crippen LogP contribution in [0.5, 0.6) is 0 Å². The highest BCUT2D eigenvalue weighted by molar-refractivity contribution is 7.93. The van der Waals surface area contributed by atoms with Crippen molar-refractivity contribution in [1.82, 2.24) is 4.98 Å². The Morgan fingerprint density at radius 3 is 2.42 bits per heavy atom. The minimum absolute atomic E-state index is 0.131. The summed E-state index contributed by atoms with van der Waals surface area (Å²) in [7, 11) is -3.85. The zero-order chi connectivity index (χ0) is 21.8. The van der Waals surface area contributed by atoms with E-state index in [4.69, 9.17) is 4.74 Å². The molecule has 31 heavy (non-hydrogen) atoms. The van der Waals surface area contributed by atoms with E-state index in [0.717, 1.165) is 43.2 Å². The summed E-state index contributed by atoms with van der Waals surface area (Å²) in [6.45, 7) is 1.89. The normalized spacial score (nSPS) is 14.9. The third kappa shape index (κ3) is 4.97. The number of carbonyl (C=O) groups excluding carboxylic acids is 1. The van der Waals surface area contributed by atoms with Crippen LogP contribution in [0, 0.1) is 6.92 Å². The largest absolute Gasteiger partial charge is 0.459 e. The number of rotatable bonds is 6. The highest BCUT2D eigenvalue weighted by Gasteiger charge is 2.28. The lowest BCUT2D eigenvalue weighted by Gasteiger charge is -2.22. The molecule has 4 rings (SSSR count). The van der Waals surface area contributed by atoms with Gasteiger partial charge in [-0.3, -0.25) is 9.71 Å². The number of nitrogens with zero attached hydrogens (tertiary/aromatic N) is 1. The van der Waals surface area contributed by atoms with Crippen molar-refractivity contribution in [1.29, 1.82) is 0 Å².